The van der Waals surface area contributed by atoms with Gasteiger partial charge in [-0.3, -0.25) is 14.4 Å². The van der Waals surface area contributed by atoms with E-state index >= 15 is 0 Å². The summed E-state index contributed by atoms with van der Waals surface area (Å²) < 4.78 is 0. The number of aromatic nitrogens is 1. The zero-order chi connectivity index (χ0) is 19.8. The molecule has 1 fully saturated rings. The molecule has 3 heterocycles. The number of carbonyl (C=O) groups excluding carboxylic acids is 3. The molecule has 3 amide bonds. The van der Waals surface area contributed by atoms with Crippen molar-refractivity contribution in [2.75, 3.05) is 23.3 Å². The molecule has 1 aromatic heterocycles. The number of benzene rings is 1. The van der Waals surface area contributed by atoms with Gasteiger partial charge in [0.25, 0.3) is 0 Å². The maximum Gasteiger partial charge on any atom is 0.228 e. The van der Waals surface area contributed by atoms with E-state index in [1.54, 1.807) is 34.1 Å². The Morgan fingerprint density at radius 3 is 2.75 bits per heavy atom. The minimum atomic E-state index is -0.354. The summed E-state index contributed by atoms with van der Waals surface area (Å²) in [7, 11) is 0. The summed E-state index contributed by atoms with van der Waals surface area (Å²) >= 11 is 7.31. The van der Waals surface area contributed by atoms with E-state index in [1.807, 2.05) is 0 Å². The zero-order valence-corrected chi connectivity index (χ0v) is 16.8. The minimum Gasteiger partial charge on any atom is -0.337 e. The molecule has 2 aromatic rings. The Morgan fingerprint density at radius 1 is 1.29 bits per heavy atom. The van der Waals surface area contributed by atoms with Gasteiger partial charge in [-0.25, -0.2) is 4.98 Å². The third kappa shape index (κ3) is 3.74. The summed E-state index contributed by atoms with van der Waals surface area (Å²) in [5, 5.41) is 3.87. The van der Waals surface area contributed by atoms with Crippen LogP contribution in [0.1, 0.15) is 23.9 Å². The maximum absolute atomic E-state index is 13.0. The highest BCUT2D eigenvalue weighted by Crippen LogP contribution is 2.31. The van der Waals surface area contributed by atoms with Gasteiger partial charge in [0.15, 0.2) is 5.13 Å². The van der Waals surface area contributed by atoms with Crippen molar-refractivity contribution in [3.8, 4) is 0 Å². The molecule has 1 atom stereocenters. The van der Waals surface area contributed by atoms with E-state index in [9.17, 15) is 14.4 Å². The van der Waals surface area contributed by atoms with Crippen LogP contribution < -0.4 is 10.2 Å². The Labute approximate surface area is 171 Å². The standard InChI is InChI=1S/C19H19ClN4O3S/c1-11(25)21-19-22-15-6-7-23(10-16(15)28-19)18(27)12-8-17(26)24(9-12)14-4-2-13(20)3-5-14/h2-5,12H,6-10H2,1H3,(H,21,22,25). The first kappa shape index (κ1) is 18.9. The molecule has 1 saturated heterocycles. The fourth-order valence-electron chi connectivity index (χ4n) is 3.59. The topological polar surface area (TPSA) is 82.6 Å². The molecular weight excluding hydrogens is 400 g/mol. The second-order valence-electron chi connectivity index (χ2n) is 6.96. The van der Waals surface area contributed by atoms with Crippen LogP contribution in [0, 0.1) is 5.92 Å². The van der Waals surface area contributed by atoms with Crippen molar-refractivity contribution < 1.29 is 14.4 Å². The van der Waals surface area contributed by atoms with Crippen molar-refractivity contribution in [2.24, 2.45) is 5.92 Å². The smallest absolute Gasteiger partial charge is 0.228 e. The number of carbonyl (C=O) groups is 3. The number of halogens is 1. The summed E-state index contributed by atoms with van der Waals surface area (Å²) in [6.45, 7) is 2.86. The highest BCUT2D eigenvalue weighted by molar-refractivity contribution is 7.15. The monoisotopic (exact) mass is 418 g/mol. The molecule has 146 valence electrons. The fourth-order valence-corrected chi connectivity index (χ4v) is 4.79. The summed E-state index contributed by atoms with van der Waals surface area (Å²) in [4.78, 5) is 45.5. The van der Waals surface area contributed by atoms with Crippen LogP contribution in [0.2, 0.25) is 5.02 Å². The van der Waals surface area contributed by atoms with Crippen molar-refractivity contribution in [3.05, 3.63) is 39.9 Å². The van der Waals surface area contributed by atoms with E-state index in [2.05, 4.69) is 10.3 Å². The Balaban J connectivity index is 1.44. The Bertz CT molecular complexity index is 943. The second kappa shape index (κ2) is 7.52. The molecule has 2 aliphatic rings. The number of fused-ring (bicyclic) bond motifs is 1. The van der Waals surface area contributed by atoms with Gasteiger partial charge in [-0.05, 0) is 24.3 Å². The van der Waals surface area contributed by atoms with Gasteiger partial charge in [0.2, 0.25) is 17.7 Å². The van der Waals surface area contributed by atoms with E-state index in [1.165, 1.54) is 18.3 Å². The zero-order valence-electron chi connectivity index (χ0n) is 15.3. The van der Waals surface area contributed by atoms with Crippen LogP contribution in [0.5, 0.6) is 0 Å². The van der Waals surface area contributed by atoms with Gasteiger partial charge in [0.05, 0.1) is 18.2 Å². The second-order valence-corrected chi connectivity index (χ2v) is 8.48. The number of nitrogens with one attached hydrogen (secondary N) is 1. The molecule has 4 rings (SSSR count). The van der Waals surface area contributed by atoms with Gasteiger partial charge in [-0.15, -0.1) is 0 Å². The molecular formula is C19H19ClN4O3S. The van der Waals surface area contributed by atoms with Crippen molar-refractivity contribution >= 4 is 51.5 Å². The van der Waals surface area contributed by atoms with E-state index in [4.69, 9.17) is 11.6 Å². The number of rotatable bonds is 3. The van der Waals surface area contributed by atoms with Crippen molar-refractivity contribution in [1.82, 2.24) is 9.88 Å². The van der Waals surface area contributed by atoms with Crippen LogP contribution in [0.15, 0.2) is 24.3 Å². The van der Waals surface area contributed by atoms with E-state index < -0.39 is 0 Å². The van der Waals surface area contributed by atoms with Gasteiger partial charge >= 0.3 is 0 Å². The predicted molar refractivity (Wildman–Crippen MR) is 107 cm³/mol. The molecule has 28 heavy (non-hydrogen) atoms. The Morgan fingerprint density at radius 2 is 2.04 bits per heavy atom. The third-order valence-electron chi connectivity index (χ3n) is 4.94. The number of anilines is 2. The van der Waals surface area contributed by atoms with Gasteiger partial charge in [0.1, 0.15) is 0 Å². The van der Waals surface area contributed by atoms with Gasteiger partial charge in [-0.1, -0.05) is 22.9 Å². The SMILES string of the molecule is CC(=O)Nc1nc2c(s1)CN(C(=O)C1CC(=O)N(c3ccc(Cl)cc3)C1)CC2. The molecule has 1 aromatic carbocycles. The van der Waals surface area contributed by atoms with Gasteiger partial charge in [-0.2, -0.15) is 0 Å². The molecule has 2 aliphatic heterocycles. The van der Waals surface area contributed by atoms with Crippen LogP contribution in [-0.4, -0.2) is 40.7 Å². The first-order chi connectivity index (χ1) is 13.4. The lowest BCUT2D eigenvalue weighted by Gasteiger charge is -2.28. The van der Waals surface area contributed by atoms with E-state index in [0.29, 0.717) is 36.2 Å². The molecule has 1 N–H and O–H groups in total. The fraction of sp³-hybridized carbons (Fsp3) is 0.368. The first-order valence-electron chi connectivity index (χ1n) is 9.01. The highest BCUT2D eigenvalue weighted by Gasteiger charge is 2.38. The summed E-state index contributed by atoms with van der Waals surface area (Å²) in [5.41, 5.74) is 1.69. The largest absolute Gasteiger partial charge is 0.337 e. The predicted octanol–water partition coefficient (Wildman–Crippen LogP) is 2.69. The van der Waals surface area contributed by atoms with Gasteiger partial charge in [0, 0.05) is 48.4 Å². The lowest BCUT2D eigenvalue weighted by Crippen LogP contribution is -2.40. The van der Waals surface area contributed by atoms with Crippen LogP contribution in [0.4, 0.5) is 10.8 Å². The number of thiazole rings is 1. The van der Waals surface area contributed by atoms with Crippen LogP contribution in [0.3, 0.4) is 0 Å². The highest BCUT2D eigenvalue weighted by atomic mass is 35.5. The Kier molecular flexibility index (Phi) is 5.07. The number of hydrogen-bond donors (Lipinski definition) is 1. The summed E-state index contributed by atoms with van der Waals surface area (Å²) in [5.74, 6) is -0.577. The lowest BCUT2D eigenvalue weighted by atomic mass is 10.1. The van der Waals surface area contributed by atoms with Crippen LogP contribution in [-0.2, 0) is 27.3 Å². The quantitative estimate of drug-likeness (QED) is 0.830. The maximum atomic E-state index is 13.0. The minimum absolute atomic E-state index is 0.00931. The summed E-state index contributed by atoms with van der Waals surface area (Å²) in [6.07, 6.45) is 0.864. The summed E-state index contributed by atoms with van der Waals surface area (Å²) in [6, 6.07) is 7.06. The molecule has 1 unspecified atom stereocenters. The average Bonchev–Trinajstić information content (AvgIpc) is 3.23. The molecule has 0 bridgehead atoms. The average molecular weight is 419 g/mol. The van der Waals surface area contributed by atoms with Crippen molar-refractivity contribution in [1.29, 1.82) is 0 Å². The van der Waals surface area contributed by atoms with Crippen molar-refractivity contribution in [3.63, 3.8) is 0 Å². The first-order valence-corrected chi connectivity index (χ1v) is 10.2. The van der Waals surface area contributed by atoms with E-state index in [0.717, 1.165) is 16.3 Å². The van der Waals surface area contributed by atoms with E-state index in [-0.39, 0.29) is 30.1 Å². The third-order valence-corrected chi connectivity index (χ3v) is 6.19. The van der Waals surface area contributed by atoms with Crippen LogP contribution in [0.25, 0.3) is 0 Å². The number of amides is 3. The molecule has 7 nitrogen and oxygen atoms in total. The molecule has 0 spiro atoms. The molecule has 0 aliphatic carbocycles. The number of nitrogens with zero attached hydrogens (tertiary/aromatic N) is 3. The number of hydrogen-bond acceptors (Lipinski definition) is 5. The molecule has 9 heteroatoms. The van der Waals surface area contributed by atoms with Gasteiger partial charge < -0.3 is 15.1 Å². The molecule has 0 radical (unpaired) electrons. The molecule has 0 saturated carbocycles. The lowest BCUT2D eigenvalue weighted by molar-refractivity contribution is -0.136. The van der Waals surface area contributed by atoms with Crippen molar-refractivity contribution in [2.45, 2.75) is 26.3 Å². The Hall–Kier alpha value is -2.45. The van der Waals surface area contributed by atoms with Crippen LogP contribution >= 0.6 is 22.9 Å². The normalized spacial score (nSPS) is 18.9.